The molecule has 0 aliphatic rings. The molecular formula is C14H22BrN3O2S. The standard InChI is InChI=1S/C14H22BrN3O2S/c1-4-14(5-2,8-16)18-12(19)9(3)17-13(20)10-6-7-11(15)21-10/h6-7,9H,4-5,8,16H2,1-3H3,(H,17,20)(H,18,19). The zero-order valence-corrected chi connectivity index (χ0v) is 14.9. The molecular weight excluding hydrogens is 354 g/mol. The van der Waals surface area contributed by atoms with Gasteiger partial charge in [0.1, 0.15) is 6.04 Å². The fourth-order valence-electron chi connectivity index (χ4n) is 1.91. The van der Waals surface area contributed by atoms with Gasteiger partial charge in [0.2, 0.25) is 5.91 Å². The molecule has 7 heteroatoms. The van der Waals surface area contributed by atoms with Crippen molar-refractivity contribution in [2.45, 2.75) is 45.2 Å². The number of halogens is 1. The van der Waals surface area contributed by atoms with Gasteiger partial charge in [-0.15, -0.1) is 11.3 Å². The number of nitrogens with two attached hydrogens (primary N) is 1. The van der Waals surface area contributed by atoms with E-state index in [9.17, 15) is 9.59 Å². The highest BCUT2D eigenvalue weighted by Gasteiger charge is 2.29. The van der Waals surface area contributed by atoms with E-state index < -0.39 is 11.6 Å². The summed E-state index contributed by atoms with van der Waals surface area (Å²) >= 11 is 4.64. The summed E-state index contributed by atoms with van der Waals surface area (Å²) in [7, 11) is 0. The molecule has 0 aliphatic heterocycles. The summed E-state index contributed by atoms with van der Waals surface area (Å²) in [5, 5.41) is 5.66. The van der Waals surface area contributed by atoms with E-state index in [0.29, 0.717) is 11.4 Å². The van der Waals surface area contributed by atoms with Crippen LogP contribution in [0.5, 0.6) is 0 Å². The number of carbonyl (C=O) groups is 2. The van der Waals surface area contributed by atoms with Crippen molar-refractivity contribution in [3.8, 4) is 0 Å². The van der Waals surface area contributed by atoms with Gasteiger partial charge in [0.25, 0.3) is 5.91 Å². The summed E-state index contributed by atoms with van der Waals surface area (Å²) in [5.41, 5.74) is 5.37. The van der Waals surface area contributed by atoms with E-state index in [4.69, 9.17) is 5.73 Å². The van der Waals surface area contributed by atoms with E-state index in [1.54, 1.807) is 19.1 Å². The van der Waals surface area contributed by atoms with Gasteiger partial charge in [0, 0.05) is 6.54 Å². The predicted molar refractivity (Wildman–Crippen MR) is 89.5 cm³/mol. The van der Waals surface area contributed by atoms with Crippen LogP contribution in [0, 0.1) is 0 Å². The molecule has 0 bridgehead atoms. The Morgan fingerprint density at radius 3 is 2.43 bits per heavy atom. The number of amides is 2. The van der Waals surface area contributed by atoms with Crippen LogP contribution in [0.25, 0.3) is 0 Å². The molecule has 0 fully saturated rings. The minimum Gasteiger partial charge on any atom is -0.348 e. The van der Waals surface area contributed by atoms with Crippen LogP contribution >= 0.6 is 27.3 Å². The molecule has 118 valence electrons. The molecule has 0 aromatic carbocycles. The third kappa shape index (κ3) is 4.79. The van der Waals surface area contributed by atoms with Crippen molar-refractivity contribution in [2.75, 3.05) is 6.54 Å². The second-order valence-corrected chi connectivity index (χ2v) is 7.44. The van der Waals surface area contributed by atoms with Gasteiger partial charge in [-0.1, -0.05) is 13.8 Å². The molecule has 0 aliphatic carbocycles. The summed E-state index contributed by atoms with van der Waals surface area (Å²) in [4.78, 5) is 24.8. The van der Waals surface area contributed by atoms with Gasteiger partial charge in [-0.25, -0.2) is 0 Å². The first-order chi connectivity index (χ1) is 9.87. The Kier molecular flexibility index (Phi) is 6.83. The van der Waals surface area contributed by atoms with Crippen molar-refractivity contribution in [1.29, 1.82) is 0 Å². The molecule has 5 nitrogen and oxygen atoms in total. The maximum atomic E-state index is 12.2. The van der Waals surface area contributed by atoms with E-state index in [1.807, 2.05) is 13.8 Å². The summed E-state index contributed by atoms with van der Waals surface area (Å²) < 4.78 is 0.879. The molecule has 1 unspecified atom stereocenters. The van der Waals surface area contributed by atoms with Crippen molar-refractivity contribution >= 4 is 39.1 Å². The summed E-state index contributed by atoms with van der Waals surface area (Å²) in [6.07, 6.45) is 1.51. The molecule has 2 amide bonds. The monoisotopic (exact) mass is 375 g/mol. The predicted octanol–water partition coefficient (Wildman–Crippen LogP) is 2.26. The van der Waals surface area contributed by atoms with E-state index in [0.717, 1.165) is 16.6 Å². The van der Waals surface area contributed by atoms with Crippen molar-refractivity contribution in [3.05, 3.63) is 20.8 Å². The Morgan fingerprint density at radius 1 is 1.38 bits per heavy atom. The molecule has 0 saturated carbocycles. The minimum absolute atomic E-state index is 0.215. The Morgan fingerprint density at radius 2 is 2.00 bits per heavy atom. The highest BCUT2D eigenvalue weighted by Crippen LogP contribution is 2.22. The first kappa shape index (κ1) is 18.1. The van der Waals surface area contributed by atoms with Gasteiger partial charge in [0.15, 0.2) is 0 Å². The number of nitrogens with one attached hydrogen (secondary N) is 2. The van der Waals surface area contributed by atoms with E-state index in [1.165, 1.54) is 11.3 Å². The lowest BCUT2D eigenvalue weighted by Gasteiger charge is -2.32. The zero-order valence-electron chi connectivity index (χ0n) is 12.5. The Balaban J connectivity index is 2.64. The van der Waals surface area contributed by atoms with Crippen LogP contribution in [-0.2, 0) is 4.79 Å². The number of hydrogen-bond acceptors (Lipinski definition) is 4. The van der Waals surface area contributed by atoms with Crippen LogP contribution in [0.3, 0.4) is 0 Å². The Labute approximate surface area is 137 Å². The summed E-state index contributed by atoms with van der Waals surface area (Å²) in [6, 6.07) is 2.91. The molecule has 1 aromatic heterocycles. The summed E-state index contributed by atoms with van der Waals surface area (Å²) in [5.74, 6) is -0.465. The van der Waals surface area contributed by atoms with Gasteiger partial charge in [0.05, 0.1) is 14.2 Å². The third-order valence-electron chi connectivity index (χ3n) is 3.67. The van der Waals surface area contributed by atoms with Gasteiger partial charge in [-0.2, -0.15) is 0 Å². The van der Waals surface area contributed by atoms with Crippen molar-refractivity contribution in [3.63, 3.8) is 0 Å². The molecule has 0 radical (unpaired) electrons. The average molecular weight is 376 g/mol. The molecule has 21 heavy (non-hydrogen) atoms. The van der Waals surface area contributed by atoms with Gasteiger partial charge in [-0.05, 0) is 47.8 Å². The Bertz CT molecular complexity index is 492. The molecule has 4 N–H and O–H groups in total. The van der Waals surface area contributed by atoms with Crippen LogP contribution in [0.1, 0.15) is 43.3 Å². The van der Waals surface area contributed by atoms with E-state index >= 15 is 0 Å². The minimum atomic E-state index is -0.609. The van der Waals surface area contributed by atoms with Crippen LogP contribution in [0.2, 0.25) is 0 Å². The van der Waals surface area contributed by atoms with Gasteiger partial charge in [-0.3, -0.25) is 9.59 Å². The largest absolute Gasteiger partial charge is 0.348 e. The first-order valence-corrected chi connectivity index (χ1v) is 8.56. The molecule has 1 aromatic rings. The summed E-state index contributed by atoms with van der Waals surface area (Å²) in [6.45, 7) is 6.03. The smallest absolute Gasteiger partial charge is 0.262 e. The highest BCUT2D eigenvalue weighted by atomic mass is 79.9. The number of hydrogen-bond donors (Lipinski definition) is 3. The lowest BCUT2D eigenvalue weighted by Crippen LogP contribution is -2.57. The van der Waals surface area contributed by atoms with Crippen LogP contribution in [-0.4, -0.2) is 29.9 Å². The van der Waals surface area contributed by atoms with Crippen LogP contribution in [0.15, 0.2) is 15.9 Å². The van der Waals surface area contributed by atoms with E-state index in [2.05, 4.69) is 26.6 Å². The average Bonchev–Trinajstić information content (AvgIpc) is 2.91. The fraction of sp³-hybridized carbons (Fsp3) is 0.571. The fourth-order valence-corrected chi connectivity index (χ4v) is 3.19. The molecule has 1 rings (SSSR count). The van der Waals surface area contributed by atoms with Crippen molar-refractivity contribution < 1.29 is 9.59 Å². The van der Waals surface area contributed by atoms with Crippen molar-refractivity contribution in [1.82, 2.24) is 10.6 Å². The van der Waals surface area contributed by atoms with Gasteiger partial charge < -0.3 is 16.4 Å². The normalized spacial score (nSPS) is 12.8. The maximum Gasteiger partial charge on any atom is 0.262 e. The lowest BCUT2D eigenvalue weighted by molar-refractivity contribution is -0.124. The quantitative estimate of drug-likeness (QED) is 0.683. The second kappa shape index (κ2) is 7.91. The number of carbonyl (C=O) groups excluding carboxylic acids is 2. The number of thiophene rings is 1. The molecule has 1 heterocycles. The maximum absolute atomic E-state index is 12.2. The van der Waals surface area contributed by atoms with Gasteiger partial charge >= 0.3 is 0 Å². The second-order valence-electron chi connectivity index (χ2n) is 4.98. The SMILES string of the molecule is CCC(CC)(CN)NC(=O)C(C)NC(=O)c1ccc(Br)s1. The van der Waals surface area contributed by atoms with Crippen LogP contribution in [0.4, 0.5) is 0 Å². The molecule has 1 atom stereocenters. The van der Waals surface area contributed by atoms with Crippen LogP contribution < -0.4 is 16.4 Å². The van der Waals surface area contributed by atoms with E-state index in [-0.39, 0.29) is 11.8 Å². The highest BCUT2D eigenvalue weighted by molar-refractivity contribution is 9.11. The lowest BCUT2D eigenvalue weighted by atomic mass is 9.92. The number of rotatable bonds is 7. The first-order valence-electron chi connectivity index (χ1n) is 6.95. The zero-order chi connectivity index (χ0) is 16.0. The topological polar surface area (TPSA) is 84.2 Å². The molecule has 0 saturated heterocycles. The third-order valence-corrected chi connectivity index (χ3v) is 5.29. The Hall–Kier alpha value is -0.920. The van der Waals surface area contributed by atoms with Crippen molar-refractivity contribution in [2.24, 2.45) is 5.73 Å². The molecule has 0 spiro atoms.